The van der Waals surface area contributed by atoms with Crippen LogP contribution in [0.4, 0.5) is 49.6 Å². The van der Waals surface area contributed by atoms with E-state index in [4.69, 9.17) is 11.5 Å². The molecule has 71 heavy (non-hydrogen) atoms. The van der Waals surface area contributed by atoms with Crippen LogP contribution in [-0.4, -0.2) is 69.9 Å². The van der Waals surface area contributed by atoms with Gasteiger partial charge in [-0.2, -0.15) is 26.3 Å². The number of hydrogen-bond donors (Lipinski definition) is 5. The van der Waals surface area contributed by atoms with Crippen molar-refractivity contribution in [1.29, 1.82) is 0 Å². The van der Waals surface area contributed by atoms with Gasteiger partial charge in [0.25, 0.3) is 0 Å². The Balaban J connectivity index is 0.000000209. The lowest BCUT2D eigenvalue weighted by Gasteiger charge is -2.29. The zero-order valence-electron chi connectivity index (χ0n) is 39.4. The lowest BCUT2D eigenvalue weighted by Crippen LogP contribution is -2.29. The van der Waals surface area contributed by atoms with Gasteiger partial charge in [0, 0.05) is 23.8 Å². The van der Waals surface area contributed by atoms with E-state index in [1.54, 1.807) is 48.5 Å². The molecule has 0 atom stereocenters. The Hall–Kier alpha value is -6.92. The Morgan fingerprint density at radius 1 is 0.577 bits per heavy atom. The maximum atomic E-state index is 13.7. The number of amides is 2. The third-order valence-corrected chi connectivity index (χ3v) is 12.9. The summed E-state index contributed by atoms with van der Waals surface area (Å²) in [4.78, 5) is 41.3. The molecule has 2 fully saturated rings. The third kappa shape index (κ3) is 15.0. The molecule has 0 radical (unpaired) electrons. The first-order chi connectivity index (χ1) is 34.0. The van der Waals surface area contributed by atoms with Crippen molar-refractivity contribution in [3.8, 4) is 0 Å². The molecule has 2 aliphatic heterocycles. The average Bonchev–Trinajstić information content (AvgIpc) is 3.34. The number of aromatic nitrogens is 4. The van der Waals surface area contributed by atoms with Gasteiger partial charge in [-0.3, -0.25) is 9.59 Å². The van der Waals surface area contributed by atoms with Crippen molar-refractivity contribution in [2.45, 2.75) is 88.4 Å². The quantitative estimate of drug-likeness (QED) is 0.0588. The number of halogens is 6. The zero-order chi connectivity index (χ0) is 50.5. The minimum absolute atomic E-state index is 0.0340. The zero-order valence-corrected chi connectivity index (χ0v) is 39.4. The SMILES string of the molecule is CN1CCC(c2ccc(Nc3ncc(C(F)(F)F)c(CCc4ccccc4CC(N)=O)n3)cc2)CC1.NC(=O)Cc1ccccc1CCc1nc(Nc2ccc(C3CCNCC3)cc2)ncc1C(F)(F)F. The van der Waals surface area contributed by atoms with Crippen molar-refractivity contribution in [3.05, 3.63) is 165 Å². The maximum absolute atomic E-state index is 13.7. The molecular weight excluding hydrogens is 923 g/mol. The average molecular weight is 981 g/mol. The van der Waals surface area contributed by atoms with Crippen LogP contribution in [0.15, 0.2) is 109 Å². The molecule has 0 saturated carbocycles. The molecule has 12 nitrogen and oxygen atoms in total. The summed E-state index contributed by atoms with van der Waals surface area (Å²) in [6, 6.07) is 30.0. The Morgan fingerprint density at radius 3 is 1.34 bits per heavy atom. The second-order valence-electron chi connectivity index (χ2n) is 18.0. The summed E-state index contributed by atoms with van der Waals surface area (Å²) in [6.45, 7) is 4.14. The third-order valence-electron chi connectivity index (χ3n) is 12.9. The number of nitrogens with two attached hydrogens (primary N) is 2. The molecule has 6 aromatic rings. The molecule has 4 heterocycles. The fraction of sp³-hybridized carbons (Fsp3) is 0.358. The van der Waals surface area contributed by atoms with Crippen molar-refractivity contribution in [2.75, 3.05) is 43.9 Å². The molecule has 4 aromatic carbocycles. The van der Waals surface area contributed by atoms with Crippen molar-refractivity contribution >= 4 is 35.1 Å². The van der Waals surface area contributed by atoms with E-state index in [9.17, 15) is 35.9 Å². The molecule has 374 valence electrons. The summed E-state index contributed by atoms with van der Waals surface area (Å²) in [5, 5.41) is 9.41. The molecule has 7 N–H and O–H groups in total. The summed E-state index contributed by atoms with van der Waals surface area (Å²) in [6.07, 6.45) is -2.40. The van der Waals surface area contributed by atoms with Crippen molar-refractivity contribution in [2.24, 2.45) is 11.5 Å². The molecule has 18 heteroatoms. The fourth-order valence-electron chi connectivity index (χ4n) is 9.07. The van der Waals surface area contributed by atoms with E-state index in [1.807, 2.05) is 36.4 Å². The van der Waals surface area contributed by atoms with Gasteiger partial charge in [-0.1, -0.05) is 72.8 Å². The van der Waals surface area contributed by atoms with Crippen LogP contribution in [0.2, 0.25) is 0 Å². The molecule has 2 amide bonds. The van der Waals surface area contributed by atoms with E-state index in [2.05, 4.69) is 60.0 Å². The number of piperidine rings is 2. The Morgan fingerprint density at radius 2 is 0.958 bits per heavy atom. The highest BCUT2D eigenvalue weighted by Gasteiger charge is 2.36. The number of benzene rings is 4. The van der Waals surface area contributed by atoms with Gasteiger partial charge in [0.2, 0.25) is 23.7 Å². The molecule has 0 spiro atoms. The van der Waals surface area contributed by atoms with E-state index in [-0.39, 0.29) is 61.8 Å². The van der Waals surface area contributed by atoms with Crippen LogP contribution in [0.5, 0.6) is 0 Å². The minimum atomic E-state index is -4.57. The monoisotopic (exact) mass is 980 g/mol. The van der Waals surface area contributed by atoms with Crippen LogP contribution < -0.4 is 27.4 Å². The Labute approximate surface area is 409 Å². The van der Waals surface area contributed by atoms with Crippen LogP contribution in [0, 0.1) is 0 Å². The topological polar surface area (TPSA) is 177 Å². The van der Waals surface area contributed by atoms with Gasteiger partial charge in [0.15, 0.2) is 0 Å². The van der Waals surface area contributed by atoms with Gasteiger partial charge in [-0.15, -0.1) is 0 Å². The number of nitrogens with one attached hydrogen (secondary N) is 3. The molecule has 2 aromatic heterocycles. The Kier molecular flexibility index (Phi) is 17.4. The fourth-order valence-corrected chi connectivity index (χ4v) is 9.07. The van der Waals surface area contributed by atoms with Gasteiger partial charge < -0.3 is 32.3 Å². The van der Waals surface area contributed by atoms with Gasteiger partial charge in [0.1, 0.15) is 0 Å². The number of hydrogen-bond acceptors (Lipinski definition) is 10. The van der Waals surface area contributed by atoms with E-state index >= 15 is 0 Å². The van der Waals surface area contributed by atoms with Gasteiger partial charge >= 0.3 is 12.4 Å². The van der Waals surface area contributed by atoms with Crippen LogP contribution in [-0.2, 0) is 60.5 Å². The highest BCUT2D eigenvalue weighted by atomic mass is 19.4. The first kappa shape index (κ1) is 51.9. The number of rotatable bonds is 16. The molecule has 2 saturated heterocycles. The summed E-state index contributed by atoms with van der Waals surface area (Å²) < 4.78 is 81.9. The predicted molar refractivity (Wildman–Crippen MR) is 261 cm³/mol. The van der Waals surface area contributed by atoms with E-state index < -0.39 is 35.3 Å². The largest absolute Gasteiger partial charge is 0.419 e. The van der Waals surface area contributed by atoms with Crippen LogP contribution in [0.3, 0.4) is 0 Å². The van der Waals surface area contributed by atoms with Crippen LogP contribution >= 0.6 is 0 Å². The van der Waals surface area contributed by atoms with Crippen LogP contribution in [0.25, 0.3) is 0 Å². The first-order valence-corrected chi connectivity index (χ1v) is 23.7. The maximum Gasteiger partial charge on any atom is 0.419 e. The van der Waals surface area contributed by atoms with E-state index in [1.165, 1.54) is 11.1 Å². The second-order valence-corrected chi connectivity index (χ2v) is 18.0. The lowest BCUT2D eigenvalue weighted by molar-refractivity contribution is -0.139. The lowest BCUT2D eigenvalue weighted by atomic mass is 9.89. The normalized spacial score (nSPS) is 14.9. The van der Waals surface area contributed by atoms with Crippen molar-refractivity contribution in [1.82, 2.24) is 30.2 Å². The standard InChI is InChI=1S/C27H30F3N5O.C26H28F3N5O/c1-35-14-12-20(13-15-35)19-6-9-22(10-7-19)33-26-32-17-23(27(28,29)30)24(34-26)11-8-18-4-2-3-5-21(18)16-25(31)36;27-26(28,29)22-16-32-25(33-21-8-5-18(6-9-21)19-11-13-31-14-12-19)34-23(22)10-7-17-3-1-2-4-20(17)15-24(30)35/h2-7,9-10,17,20H,8,11-16H2,1H3,(H2,31,36)(H,32,33,34);1-6,8-9,16,19,31H,7,10-15H2,(H2,30,35)(H,32,33,34). The number of carbonyl (C=O) groups is 2. The molecule has 8 rings (SSSR count). The number of alkyl halides is 6. The molecule has 0 unspecified atom stereocenters. The summed E-state index contributed by atoms with van der Waals surface area (Å²) in [7, 11) is 2.13. The molecule has 0 bridgehead atoms. The highest BCUT2D eigenvalue weighted by Crippen LogP contribution is 2.35. The van der Waals surface area contributed by atoms with Gasteiger partial charge in [-0.05, 0) is 154 Å². The Bertz CT molecular complexity index is 2720. The van der Waals surface area contributed by atoms with Crippen molar-refractivity contribution in [3.63, 3.8) is 0 Å². The number of carbonyl (C=O) groups excluding carboxylic acids is 2. The number of anilines is 4. The summed E-state index contributed by atoms with van der Waals surface area (Å²) in [5.41, 5.74) is 15.6. The van der Waals surface area contributed by atoms with Crippen molar-refractivity contribution < 1.29 is 35.9 Å². The van der Waals surface area contributed by atoms with Crippen LogP contribution in [0.1, 0.15) is 93.4 Å². The second kappa shape index (κ2) is 23.8. The minimum Gasteiger partial charge on any atom is -0.369 e. The number of likely N-dealkylation sites (tertiary alicyclic amines) is 1. The predicted octanol–water partition coefficient (Wildman–Crippen LogP) is 9.38. The van der Waals surface area contributed by atoms with Gasteiger partial charge in [0.05, 0.1) is 35.4 Å². The molecular formula is C53H58F6N10O2. The number of primary amides is 2. The molecule has 0 aliphatic carbocycles. The van der Waals surface area contributed by atoms with E-state index in [0.717, 1.165) is 75.4 Å². The van der Waals surface area contributed by atoms with E-state index in [0.29, 0.717) is 34.3 Å². The number of aryl methyl sites for hydroxylation is 4. The van der Waals surface area contributed by atoms with Gasteiger partial charge in [-0.25, -0.2) is 19.9 Å². The molecule has 2 aliphatic rings. The first-order valence-electron chi connectivity index (χ1n) is 23.7. The summed E-state index contributed by atoms with van der Waals surface area (Å²) >= 11 is 0. The highest BCUT2D eigenvalue weighted by molar-refractivity contribution is 5.77. The number of nitrogens with zero attached hydrogens (tertiary/aromatic N) is 5. The smallest absolute Gasteiger partial charge is 0.369 e. The summed E-state index contributed by atoms with van der Waals surface area (Å²) in [5.74, 6) is 0.253.